The molecule has 0 fully saturated rings. The van der Waals surface area contributed by atoms with Gasteiger partial charge in [0, 0.05) is 13.6 Å². The molecule has 106 valence electrons. The van der Waals surface area contributed by atoms with Gasteiger partial charge in [0.15, 0.2) is 0 Å². The number of amides is 1. The van der Waals surface area contributed by atoms with Crippen molar-refractivity contribution in [2.45, 2.75) is 6.54 Å². The van der Waals surface area contributed by atoms with Crippen molar-refractivity contribution in [1.29, 1.82) is 5.26 Å². The third kappa shape index (κ3) is 3.12. The van der Waals surface area contributed by atoms with Crippen LogP contribution in [0.4, 0.5) is 11.4 Å². The Morgan fingerprint density at radius 2 is 2.00 bits per heavy atom. The molecule has 0 aromatic heterocycles. The molecule has 2 aromatic rings. The van der Waals surface area contributed by atoms with E-state index >= 15 is 0 Å². The van der Waals surface area contributed by atoms with E-state index in [1.165, 1.54) is 0 Å². The first kappa shape index (κ1) is 14.4. The van der Waals surface area contributed by atoms with Gasteiger partial charge in [0.2, 0.25) is 0 Å². The zero-order chi connectivity index (χ0) is 15.4. The van der Waals surface area contributed by atoms with Gasteiger partial charge in [-0.2, -0.15) is 5.26 Å². The Morgan fingerprint density at radius 3 is 2.67 bits per heavy atom. The number of anilines is 2. The minimum atomic E-state index is -0.547. The molecule has 0 bridgehead atoms. The Morgan fingerprint density at radius 1 is 1.29 bits per heavy atom. The molecule has 5 heteroatoms. The summed E-state index contributed by atoms with van der Waals surface area (Å²) in [6.07, 6.45) is 0. The normalized spacial score (nSPS) is 9.90. The van der Waals surface area contributed by atoms with Crippen LogP contribution in [-0.4, -0.2) is 13.0 Å². The second-order valence-corrected chi connectivity index (χ2v) is 4.77. The predicted molar refractivity (Wildman–Crippen MR) is 82.6 cm³/mol. The zero-order valence-electron chi connectivity index (χ0n) is 11.7. The number of para-hydroxylation sites is 1. The smallest absolute Gasteiger partial charge is 0.250 e. The van der Waals surface area contributed by atoms with Gasteiger partial charge < -0.3 is 16.4 Å². The Kier molecular flexibility index (Phi) is 4.10. The number of nitrogens with two attached hydrogens (primary N) is 2. The average molecular weight is 280 g/mol. The first-order valence-corrected chi connectivity index (χ1v) is 6.41. The number of nitrogens with zero attached hydrogens (tertiary/aromatic N) is 2. The number of hydrogen-bond acceptors (Lipinski definition) is 4. The topological polar surface area (TPSA) is 96.1 Å². The van der Waals surface area contributed by atoms with Crippen molar-refractivity contribution >= 4 is 17.3 Å². The van der Waals surface area contributed by atoms with Crippen LogP contribution in [-0.2, 0) is 6.54 Å². The van der Waals surface area contributed by atoms with Crippen molar-refractivity contribution in [3.8, 4) is 6.07 Å². The number of rotatable bonds is 4. The number of nitriles is 1. The fourth-order valence-electron chi connectivity index (χ4n) is 2.20. The van der Waals surface area contributed by atoms with Crippen molar-refractivity contribution in [1.82, 2.24) is 0 Å². The molecule has 0 saturated heterocycles. The molecule has 4 N–H and O–H groups in total. The fraction of sp³-hybridized carbons (Fsp3) is 0.125. The van der Waals surface area contributed by atoms with Crippen LogP contribution in [0, 0.1) is 11.3 Å². The molecule has 0 heterocycles. The van der Waals surface area contributed by atoms with Crippen LogP contribution >= 0.6 is 0 Å². The summed E-state index contributed by atoms with van der Waals surface area (Å²) in [4.78, 5) is 13.2. The molecule has 2 aromatic carbocycles. The first-order chi connectivity index (χ1) is 10.0. The molecular weight excluding hydrogens is 264 g/mol. The predicted octanol–water partition coefficient (Wildman–Crippen LogP) is 1.88. The van der Waals surface area contributed by atoms with E-state index in [1.807, 2.05) is 36.2 Å². The van der Waals surface area contributed by atoms with Crippen LogP contribution in [0.2, 0.25) is 0 Å². The highest BCUT2D eigenvalue weighted by atomic mass is 16.1. The number of hydrogen-bond donors (Lipinski definition) is 2. The van der Waals surface area contributed by atoms with Gasteiger partial charge in [0.05, 0.1) is 28.6 Å². The molecule has 0 saturated carbocycles. The summed E-state index contributed by atoms with van der Waals surface area (Å²) in [6, 6.07) is 14.6. The Balaban J connectivity index is 2.28. The number of carbonyl (C=O) groups is 1. The van der Waals surface area contributed by atoms with Gasteiger partial charge in [0.25, 0.3) is 5.91 Å². The second kappa shape index (κ2) is 5.97. The molecule has 0 aliphatic carbocycles. The summed E-state index contributed by atoms with van der Waals surface area (Å²) < 4.78 is 0. The van der Waals surface area contributed by atoms with E-state index < -0.39 is 5.91 Å². The maximum absolute atomic E-state index is 11.3. The van der Waals surface area contributed by atoms with Crippen molar-refractivity contribution < 1.29 is 4.79 Å². The molecule has 0 aliphatic heterocycles. The number of benzene rings is 2. The van der Waals surface area contributed by atoms with E-state index in [1.54, 1.807) is 18.2 Å². The van der Waals surface area contributed by atoms with Crippen molar-refractivity contribution in [2.75, 3.05) is 17.7 Å². The Bertz CT molecular complexity index is 718. The minimum absolute atomic E-state index is 0.310. The zero-order valence-corrected chi connectivity index (χ0v) is 11.7. The Labute approximate surface area is 123 Å². The summed E-state index contributed by atoms with van der Waals surface area (Å²) in [5, 5.41) is 8.92. The highest BCUT2D eigenvalue weighted by Gasteiger charge is 2.12. The largest absolute Gasteiger partial charge is 0.396 e. The van der Waals surface area contributed by atoms with Crippen LogP contribution in [0.5, 0.6) is 0 Å². The van der Waals surface area contributed by atoms with Crippen LogP contribution in [0.15, 0.2) is 42.5 Å². The number of carbonyl (C=O) groups excluding carboxylic acids is 1. The van der Waals surface area contributed by atoms with Crippen LogP contribution < -0.4 is 16.4 Å². The third-order valence-corrected chi connectivity index (χ3v) is 3.24. The van der Waals surface area contributed by atoms with Gasteiger partial charge in [-0.25, -0.2) is 0 Å². The van der Waals surface area contributed by atoms with Gasteiger partial charge in [-0.1, -0.05) is 18.2 Å². The lowest BCUT2D eigenvalue weighted by Crippen LogP contribution is -2.20. The highest BCUT2D eigenvalue weighted by molar-refractivity contribution is 6.00. The van der Waals surface area contributed by atoms with E-state index in [0.29, 0.717) is 23.4 Å². The van der Waals surface area contributed by atoms with Crippen LogP contribution in [0.1, 0.15) is 21.5 Å². The van der Waals surface area contributed by atoms with E-state index in [0.717, 1.165) is 11.3 Å². The van der Waals surface area contributed by atoms with Gasteiger partial charge in [0.1, 0.15) is 0 Å². The quantitative estimate of drug-likeness (QED) is 0.836. The molecule has 0 unspecified atom stereocenters. The van der Waals surface area contributed by atoms with Gasteiger partial charge >= 0.3 is 0 Å². The summed E-state index contributed by atoms with van der Waals surface area (Å²) in [5.41, 5.74) is 14.3. The van der Waals surface area contributed by atoms with Crippen molar-refractivity contribution in [3.05, 3.63) is 59.2 Å². The van der Waals surface area contributed by atoms with E-state index in [-0.39, 0.29) is 0 Å². The van der Waals surface area contributed by atoms with E-state index in [9.17, 15) is 4.79 Å². The molecule has 0 aliphatic rings. The molecular formula is C16H16N4O. The molecule has 0 spiro atoms. The maximum Gasteiger partial charge on any atom is 0.250 e. The third-order valence-electron chi connectivity index (χ3n) is 3.24. The molecule has 5 nitrogen and oxygen atoms in total. The average Bonchev–Trinajstić information content (AvgIpc) is 2.47. The highest BCUT2D eigenvalue weighted by Crippen LogP contribution is 2.26. The standard InChI is InChI=1S/C16H16N4O/c1-20(10-12-5-2-4-11(8-12)9-17)14-7-3-6-13(15(14)18)16(19)21/h2-8H,10,18H2,1H3,(H2,19,21). The van der Waals surface area contributed by atoms with Crippen LogP contribution in [0.3, 0.4) is 0 Å². The lowest BCUT2D eigenvalue weighted by molar-refractivity contribution is 0.100. The van der Waals surface area contributed by atoms with E-state index in [2.05, 4.69) is 6.07 Å². The summed E-state index contributed by atoms with van der Waals surface area (Å²) in [6.45, 7) is 0.571. The lowest BCUT2D eigenvalue weighted by atomic mass is 10.1. The second-order valence-electron chi connectivity index (χ2n) is 4.77. The van der Waals surface area contributed by atoms with Gasteiger partial charge in [-0.3, -0.25) is 4.79 Å². The summed E-state index contributed by atoms with van der Waals surface area (Å²) in [7, 11) is 1.87. The molecule has 21 heavy (non-hydrogen) atoms. The van der Waals surface area contributed by atoms with Crippen LogP contribution in [0.25, 0.3) is 0 Å². The molecule has 0 atom stereocenters. The summed E-state index contributed by atoms with van der Waals surface area (Å²) >= 11 is 0. The SMILES string of the molecule is CN(Cc1cccc(C#N)c1)c1cccc(C(N)=O)c1N. The fourth-order valence-corrected chi connectivity index (χ4v) is 2.20. The van der Waals surface area contributed by atoms with E-state index in [4.69, 9.17) is 16.7 Å². The summed E-state index contributed by atoms with van der Waals surface area (Å²) in [5.74, 6) is -0.547. The Hall–Kier alpha value is -3.00. The number of primary amides is 1. The van der Waals surface area contributed by atoms with Crippen molar-refractivity contribution in [3.63, 3.8) is 0 Å². The molecule has 2 rings (SSSR count). The van der Waals surface area contributed by atoms with Gasteiger partial charge in [-0.05, 0) is 29.8 Å². The van der Waals surface area contributed by atoms with Gasteiger partial charge in [-0.15, -0.1) is 0 Å². The van der Waals surface area contributed by atoms with Crippen molar-refractivity contribution in [2.24, 2.45) is 5.73 Å². The minimum Gasteiger partial charge on any atom is -0.396 e. The lowest BCUT2D eigenvalue weighted by Gasteiger charge is -2.22. The molecule has 1 amide bonds. The number of nitrogen functional groups attached to an aromatic ring is 1. The molecule has 0 radical (unpaired) electrons. The first-order valence-electron chi connectivity index (χ1n) is 6.41. The maximum atomic E-state index is 11.3. The monoisotopic (exact) mass is 280 g/mol.